The highest BCUT2D eigenvalue weighted by Crippen LogP contribution is 2.43. The molecule has 0 unspecified atom stereocenters. The van der Waals surface area contributed by atoms with Gasteiger partial charge in [-0.25, -0.2) is 13.6 Å². The first-order valence-corrected chi connectivity index (χ1v) is 10.2. The number of hydrogen-bond donors (Lipinski definition) is 2. The molecule has 3 N–H and O–H groups in total. The van der Waals surface area contributed by atoms with Crippen LogP contribution in [0, 0.1) is 6.92 Å². The van der Waals surface area contributed by atoms with Gasteiger partial charge in [-0.2, -0.15) is 0 Å². The lowest BCUT2D eigenvalue weighted by molar-refractivity contribution is 0.0931. The third kappa shape index (κ3) is 3.24. The highest BCUT2D eigenvalue weighted by Gasteiger charge is 2.38. The van der Waals surface area contributed by atoms with Gasteiger partial charge in [0.05, 0.1) is 4.88 Å². The number of primary sulfonamides is 1. The van der Waals surface area contributed by atoms with E-state index in [9.17, 15) is 13.2 Å². The second kappa shape index (κ2) is 6.31. The Balaban J connectivity index is 1.75. The Morgan fingerprint density at radius 3 is 2.46 bits per heavy atom. The molecule has 1 aromatic heterocycles. The molecule has 1 aliphatic rings. The molecule has 0 atom stereocenters. The van der Waals surface area contributed by atoms with Crippen LogP contribution in [-0.2, 0) is 15.4 Å². The zero-order chi connectivity index (χ0) is 17.4. The standard InChI is InChI=1S/C17H20N2O3S2/c1-12-10-14(24(18,21)22)23-15(12)16(20)19-11-17(8-5-9-17)13-6-3-2-4-7-13/h2-4,6-7,10H,5,8-9,11H2,1H3,(H,19,20)(H2,18,21,22). The Kier molecular flexibility index (Phi) is 4.50. The fraction of sp³-hybridized carbons (Fsp3) is 0.353. The second-order valence-electron chi connectivity index (χ2n) is 6.31. The summed E-state index contributed by atoms with van der Waals surface area (Å²) in [6.45, 7) is 2.27. The van der Waals surface area contributed by atoms with Gasteiger partial charge in [0, 0.05) is 12.0 Å². The molecule has 2 aromatic rings. The predicted octanol–water partition coefficient (Wildman–Crippen LogP) is 2.56. The number of aryl methyl sites for hydroxylation is 1. The molecule has 0 bridgehead atoms. The minimum atomic E-state index is -3.78. The Morgan fingerprint density at radius 1 is 1.29 bits per heavy atom. The third-order valence-electron chi connectivity index (χ3n) is 4.67. The Bertz CT molecular complexity index is 853. The highest BCUT2D eigenvalue weighted by atomic mass is 32.2. The van der Waals surface area contributed by atoms with Crippen molar-refractivity contribution in [3.63, 3.8) is 0 Å². The molecule has 0 radical (unpaired) electrons. The normalized spacial score (nSPS) is 16.4. The van der Waals surface area contributed by atoms with E-state index < -0.39 is 10.0 Å². The molecule has 0 saturated heterocycles. The Hall–Kier alpha value is -1.70. The van der Waals surface area contributed by atoms with Gasteiger partial charge < -0.3 is 5.32 Å². The summed E-state index contributed by atoms with van der Waals surface area (Å²) < 4.78 is 22.9. The molecule has 3 rings (SSSR count). The number of rotatable bonds is 5. The monoisotopic (exact) mass is 364 g/mol. The Morgan fingerprint density at radius 2 is 1.96 bits per heavy atom. The predicted molar refractivity (Wildman–Crippen MR) is 94.7 cm³/mol. The van der Waals surface area contributed by atoms with Gasteiger partial charge in [0.1, 0.15) is 4.21 Å². The summed E-state index contributed by atoms with van der Waals surface area (Å²) in [4.78, 5) is 12.9. The first kappa shape index (κ1) is 17.1. The average Bonchev–Trinajstić information content (AvgIpc) is 2.89. The van der Waals surface area contributed by atoms with E-state index in [1.807, 2.05) is 18.2 Å². The van der Waals surface area contributed by atoms with Crippen LogP contribution in [0.1, 0.15) is 40.1 Å². The van der Waals surface area contributed by atoms with Crippen molar-refractivity contribution in [3.8, 4) is 0 Å². The van der Waals surface area contributed by atoms with Crippen molar-refractivity contribution in [2.75, 3.05) is 6.54 Å². The summed E-state index contributed by atoms with van der Waals surface area (Å²) in [6.07, 6.45) is 3.24. The molecule has 1 aromatic carbocycles. The van der Waals surface area contributed by atoms with Crippen molar-refractivity contribution in [2.24, 2.45) is 5.14 Å². The van der Waals surface area contributed by atoms with E-state index in [1.54, 1.807) is 6.92 Å². The fourth-order valence-electron chi connectivity index (χ4n) is 3.11. The van der Waals surface area contributed by atoms with Crippen LogP contribution < -0.4 is 10.5 Å². The smallest absolute Gasteiger partial charge is 0.261 e. The summed E-state index contributed by atoms with van der Waals surface area (Å²) in [5, 5.41) is 8.12. The van der Waals surface area contributed by atoms with E-state index in [0.29, 0.717) is 17.0 Å². The van der Waals surface area contributed by atoms with E-state index in [4.69, 9.17) is 5.14 Å². The molecule has 1 heterocycles. The summed E-state index contributed by atoms with van der Waals surface area (Å²) in [5.41, 5.74) is 1.86. The summed E-state index contributed by atoms with van der Waals surface area (Å²) in [7, 11) is -3.78. The molecule has 7 heteroatoms. The zero-order valence-corrected chi connectivity index (χ0v) is 15.0. The molecule has 128 valence electrons. The van der Waals surface area contributed by atoms with E-state index in [-0.39, 0.29) is 15.5 Å². The summed E-state index contributed by atoms with van der Waals surface area (Å²) in [6, 6.07) is 11.7. The molecular formula is C17H20N2O3S2. The molecule has 0 aliphatic heterocycles. The van der Waals surface area contributed by atoms with Crippen molar-refractivity contribution in [2.45, 2.75) is 35.8 Å². The number of benzene rings is 1. The molecule has 1 aliphatic carbocycles. The molecule has 1 saturated carbocycles. The third-order valence-corrected chi connectivity index (χ3v) is 7.32. The summed E-state index contributed by atoms with van der Waals surface area (Å²) in [5.74, 6) is -0.241. The quantitative estimate of drug-likeness (QED) is 0.854. The first-order valence-electron chi connectivity index (χ1n) is 7.79. The van der Waals surface area contributed by atoms with Gasteiger partial charge in [-0.05, 0) is 37.0 Å². The van der Waals surface area contributed by atoms with Gasteiger partial charge in [-0.1, -0.05) is 36.8 Å². The van der Waals surface area contributed by atoms with Gasteiger partial charge in [0.2, 0.25) is 10.0 Å². The topological polar surface area (TPSA) is 89.3 Å². The van der Waals surface area contributed by atoms with Crippen LogP contribution in [0.4, 0.5) is 0 Å². The van der Waals surface area contributed by atoms with Crippen molar-refractivity contribution < 1.29 is 13.2 Å². The molecule has 0 spiro atoms. The molecule has 24 heavy (non-hydrogen) atoms. The number of carbonyl (C=O) groups is 1. The van der Waals surface area contributed by atoms with Crippen LogP contribution in [0.15, 0.2) is 40.6 Å². The van der Waals surface area contributed by atoms with E-state index >= 15 is 0 Å². The van der Waals surface area contributed by atoms with Gasteiger partial charge in [-0.15, -0.1) is 11.3 Å². The van der Waals surface area contributed by atoms with Crippen LogP contribution in [0.5, 0.6) is 0 Å². The van der Waals surface area contributed by atoms with Crippen molar-refractivity contribution in [1.29, 1.82) is 0 Å². The minimum Gasteiger partial charge on any atom is -0.350 e. The largest absolute Gasteiger partial charge is 0.350 e. The lowest BCUT2D eigenvalue weighted by Crippen LogP contribution is -2.45. The molecule has 1 amide bonds. The van der Waals surface area contributed by atoms with E-state index in [0.717, 1.165) is 30.6 Å². The SMILES string of the molecule is Cc1cc(S(N)(=O)=O)sc1C(=O)NCC1(c2ccccc2)CCC1. The van der Waals surface area contributed by atoms with Gasteiger partial charge in [0.15, 0.2) is 0 Å². The average molecular weight is 364 g/mol. The maximum absolute atomic E-state index is 12.5. The van der Waals surface area contributed by atoms with Crippen molar-refractivity contribution >= 4 is 27.3 Å². The van der Waals surface area contributed by atoms with Crippen LogP contribution >= 0.6 is 11.3 Å². The molecular weight excluding hydrogens is 344 g/mol. The van der Waals surface area contributed by atoms with Crippen LogP contribution in [0.2, 0.25) is 0 Å². The van der Waals surface area contributed by atoms with Crippen LogP contribution in [-0.4, -0.2) is 20.9 Å². The maximum Gasteiger partial charge on any atom is 0.261 e. The zero-order valence-electron chi connectivity index (χ0n) is 13.4. The lowest BCUT2D eigenvalue weighted by Gasteiger charge is -2.42. The number of sulfonamides is 1. The van der Waals surface area contributed by atoms with Crippen molar-refractivity contribution in [1.82, 2.24) is 5.32 Å². The molecule has 1 fully saturated rings. The van der Waals surface area contributed by atoms with Gasteiger partial charge >= 0.3 is 0 Å². The second-order valence-corrected chi connectivity index (χ2v) is 9.15. The number of thiophene rings is 1. The highest BCUT2D eigenvalue weighted by molar-refractivity contribution is 7.91. The molecule has 5 nitrogen and oxygen atoms in total. The van der Waals surface area contributed by atoms with Crippen molar-refractivity contribution in [3.05, 3.63) is 52.4 Å². The number of carbonyl (C=O) groups excluding carboxylic acids is 1. The minimum absolute atomic E-state index is 0.00907. The van der Waals surface area contributed by atoms with Crippen LogP contribution in [0.25, 0.3) is 0 Å². The van der Waals surface area contributed by atoms with Gasteiger partial charge in [-0.3, -0.25) is 4.79 Å². The van der Waals surface area contributed by atoms with E-state index in [2.05, 4.69) is 17.4 Å². The maximum atomic E-state index is 12.5. The number of nitrogens with one attached hydrogen (secondary N) is 1. The lowest BCUT2D eigenvalue weighted by atomic mass is 9.64. The summed E-state index contributed by atoms with van der Waals surface area (Å²) >= 11 is 0.922. The number of hydrogen-bond acceptors (Lipinski definition) is 4. The van der Waals surface area contributed by atoms with E-state index in [1.165, 1.54) is 11.6 Å². The van der Waals surface area contributed by atoms with Gasteiger partial charge in [0.25, 0.3) is 5.91 Å². The first-order chi connectivity index (χ1) is 11.3. The Labute approximate surface area is 145 Å². The fourth-order valence-corrected chi connectivity index (χ4v) is 4.99. The number of nitrogens with two attached hydrogens (primary N) is 1. The number of amides is 1. The van der Waals surface area contributed by atoms with Crippen LogP contribution in [0.3, 0.4) is 0 Å².